The van der Waals surface area contributed by atoms with Crippen molar-refractivity contribution in [3.63, 3.8) is 0 Å². The Morgan fingerprint density at radius 2 is 1.12 bits per heavy atom. The van der Waals surface area contributed by atoms with E-state index in [0.717, 1.165) is 0 Å². The summed E-state index contributed by atoms with van der Waals surface area (Å²) in [4.78, 5) is 52.8. The van der Waals surface area contributed by atoms with Gasteiger partial charge in [-0.05, 0) is 0 Å². The van der Waals surface area contributed by atoms with Crippen LogP contribution in [0.25, 0.3) is 0 Å². The lowest BCUT2D eigenvalue weighted by Crippen LogP contribution is -2.44. The van der Waals surface area contributed by atoms with Gasteiger partial charge in [0.25, 0.3) is 0 Å². The van der Waals surface area contributed by atoms with Crippen LogP contribution in [0.2, 0.25) is 0 Å². The Balaban J connectivity index is 5.56. The van der Waals surface area contributed by atoms with Gasteiger partial charge in [-0.25, -0.2) is 0 Å². The van der Waals surface area contributed by atoms with Crippen LogP contribution in [0.5, 0.6) is 0 Å². The first kappa shape index (κ1) is 17.4. The third kappa shape index (κ3) is 5.72. The van der Waals surface area contributed by atoms with Gasteiger partial charge < -0.3 is 35.1 Å². The van der Waals surface area contributed by atoms with E-state index in [4.69, 9.17) is 35.1 Å². The topological polar surface area (TPSA) is 199 Å². The highest BCUT2D eigenvalue weighted by atomic mass is 31.2. The summed E-state index contributed by atoms with van der Waals surface area (Å²) in [5.41, 5.74) is 5.03. The lowest BCUT2D eigenvalue weighted by molar-refractivity contribution is 0.312. The third-order valence-electron chi connectivity index (χ3n) is 2.00. The van der Waals surface area contributed by atoms with Crippen molar-refractivity contribution in [1.29, 1.82) is 0 Å². The lowest BCUT2D eigenvalue weighted by Gasteiger charge is -2.33. The van der Waals surface area contributed by atoms with E-state index in [1.807, 2.05) is 0 Å². The molecule has 0 aliphatic heterocycles. The van der Waals surface area contributed by atoms with E-state index in [-0.39, 0.29) is 0 Å². The molecule has 0 aliphatic carbocycles. The minimum absolute atomic E-state index is 0.965. The molecule has 0 aromatic heterocycles. The molecule has 104 valence electrons. The number of hydrogen-bond acceptors (Lipinski definition) is 4. The lowest BCUT2D eigenvalue weighted by atomic mass is 10.2. The SMILES string of the molecule is NCC(CP(=O)(O)O)(CP(=O)(O)O)P(=O)(O)O. The highest BCUT2D eigenvalue weighted by Gasteiger charge is 2.53. The van der Waals surface area contributed by atoms with Crippen molar-refractivity contribution in [2.45, 2.75) is 5.16 Å². The summed E-state index contributed by atoms with van der Waals surface area (Å²) in [6, 6.07) is 0. The number of hydrogen-bond donors (Lipinski definition) is 7. The zero-order chi connectivity index (χ0) is 14.1. The smallest absolute Gasteiger partial charge is 0.329 e. The molecular weight excluding hydrogens is 299 g/mol. The van der Waals surface area contributed by atoms with Gasteiger partial charge in [0.2, 0.25) is 0 Å². The average molecular weight is 313 g/mol. The molecule has 0 saturated heterocycles. The highest BCUT2D eigenvalue weighted by Crippen LogP contribution is 2.60. The number of rotatable bonds is 6. The van der Waals surface area contributed by atoms with Gasteiger partial charge in [-0.1, -0.05) is 0 Å². The molecule has 0 aromatic rings. The normalized spacial score (nSPS) is 15.0. The first-order valence-electron chi connectivity index (χ1n) is 4.07. The first-order valence-corrected chi connectivity index (χ1v) is 9.28. The molecule has 0 heterocycles. The van der Waals surface area contributed by atoms with Gasteiger partial charge in [0.1, 0.15) is 5.16 Å². The van der Waals surface area contributed by atoms with E-state index in [2.05, 4.69) is 0 Å². The molecular formula is C4H14NO9P3. The van der Waals surface area contributed by atoms with Crippen LogP contribution in [0.3, 0.4) is 0 Å². The Hall–Kier alpha value is 0.410. The molecule has 0 unspecified atom stereocenters. The van der Waals surface area contributed by atoms with Crippen molar-refractivity contribution in [1.82, 2.24) is 0 Å². The maximum atomic E-state index is 11.2. The van der Waals surface area contributed by atoms with Crippen molar-refractivity contribution in [3.05, 3.63) is 0 Å². The van der Waals surface area contributed by atoms with Crippen LogP contribution in [0.4, 0.5) is 0 Å². The Labute approximate surface area is 96.3 Å². The fourth-order valence-corrected chi connectivity index (χ4v) is 6.26. The molecule has 0 aliphatic rings. The Bertz CT molecular complexity index is 378. The molecule has 13 heteroatoms. The van der Waals surface area contributed by atoms with Gasteiger partial charge in [-0.15, -0.1) is 0 Å². The Kier molecular flexibility index (Phi) is 5.31. The van der Waals surface area contributed by atoms with E-state index in [1.54, 1.807) is 0 Å². The molecule has 8 N–H and O–H groups in total. The van der Waals surface area contributed by atoms with Crippen molar-refractivity contribution in [2.75, 3.05) is 18.9 Å². The van der Waals surface area contributed by atoms with Crippen molar-refractivity contribution in [2.24, 2.45) is 5.73 Å². The van der Waals surface area contributed by atoms with Gasteiger partial charge in [-0.2, -0.15) is 0 Å². The zero-order valence-electron chi connectivity index (χ0n) is 8.45. The summed E-state index contributed by atoms with van der Waals surface area (Å²) >= 11 is 0. The molecule has 0 amide bonds. The second kappa shape index (κ2) is 5.19. The molecule has 0 saturated carbocycles. The largest absolute Gasteiger partial charge is 0.334 e. The van der Waals surface area contributed by atoms with Gasteiger partial charge in [0.05, 0.1) is 12.3 Å². The van der Waals surface area contributed by atoms with Crippen LogP contribution < -0.4 is 5.73 Å². The van der Waals surface area contributed by atoms with Crippen LogP contribution in [0, 0.1) is 0 Å². The maximum Gasteiger partial charge on any atom is 0.334 e. The van der Waals surface area contributed by atoms with Gasteiger partial charge >= 0.3 is 22.8 Å². The van der Waals surface area contributed by atoms with Crippen LogP contribution in [0.15, 0.2) is 0 Å². The van der Waals surface area contributed by atoms with Gasteiger partial charge in [0, 0.05) is 6.54 Å². The number of nitrogens with two attached hydrogens (primary N) is 1. The Morgan fingerprint density at radius 3 is 1.24 bits per heavy atom. The summed E-state index contributed by atoms with van der Waals surface area (Å²) in [7, 11) is -15.0. The van der Waals surface area contributed by atoms with Crippen molar-refractivity contribution in [3.8, 4) is 0 Å². The molecule has 0 atom stereocenters. The highest BCUT2D eigenvalue weighted by molar-refractivity contribution is 7.59. The monoisotopic (exact) mass is 313 g/mol. The van der Waals surface area contributed by atoms with Crippen molar-refractivity contribution < 1.29 is 43.1 Å². The predicted molar refractivity (Wildman–Crippen MR) is 57.7 cm³/mol. The Morgan fingerprint density at radius 1 is 0.824 bits per heavy atom. The fraction of sp³-hybridized carbons (Fsp3) is 1.00. The van der Waals surface area contributed by atoms with E-state index in [0.29, 0.717) is 0 Å². The van der Waals surface area contributed by atoms with Crippen LogP contribution in [-0.4, -0.2) is 53.4 Å². The van der Waals surface area contributed by atoms with E-state index >= 15 is 0 Å². The minimum atomic E-state index is -5.21. The molecule has 0 radical (unpaired) electrons. The molecule has 0 bridgehead atoms. The summed E-state index contributed by atoms with van der Waals surface area (Å²) < 4.78 is 32.7. The molecule has 0 spiro atoms. The van der Waals surface area contributed by atoms with Crippen LogP contribution >= 0.6 is 22.8 Å². The maximum absolute atomic E-state index is 11.2. The second-order valence-electron chi connectivity index (χ2n) is 3.62. The van der Waals surface area contributed by atoms with E-state index in [1.165, 1.54) is 0 Å². The molecule has 0 aromatic carbocycles. The van der Waals surface area contributed by atoms with E-state index < -0.39 is 46.8 Å². The van der Waals surface area contributed by atoms with Crippen LogP contribution in [0.1, 0.15) is 0 Å². The molecule has 0 rings (SSSR count). The van der Waals surface area contributed by atoms with Gasteiger partial charge in [0.15, 0.2) is 0 Å². The summed E-state index contributed by atoms with van der Waals surface area (Å²) in [5, 5.41) is -2.63. The molecule has 10 nitrogen and oxygen atoms in total. The minimum Gasteiger partial charge on any atom is -0.329 e. The predicted octanol–water partition coefficient (Wildman–Crippen LogP) is -1.78. The first-order chi connectivity index (χ1) is 7.22. The quantitative estimate of drug-likeness (QED) is 0.275. The van der Waals surface area contributed by atoms with Gasteiger partial charge in [-0.3, -0.25) is 13.7 Å². The van der Waals surface area contributed by atoms with Crippen LogP contribution in [-0.2, 0) is 13.7 Å². The fourth-order valence-electron chi connectivity index (χ4n) is 1.25. The summed E-state index contributed by atoms with van der Waals surface area (Å²) in [5.74, 6) is 0. The second-order valence-corrected chi connectivity index (χ2v) is 8.95. The molecule has 0 fully saturated rings. The van der Waals surface area contributed by atoms with E-state index in [9.17, 15) is 13.7 Å². The average Bonchev–Trinajstić information content (AvgIpc) is 1.95. The standard InChI is InChI=1S/C4H14NO9P3/c5-1-4(17(12,13)14,2-15(6,7)8)3-16(9,10)11/h1-3,5H2,(H2,6,7,8)(H2,9,10,11)(H2,12,13,14). The van der Waals surface area contributed by atoms with Crippen molar-refractivity contribution >= 4 is 22.8 Å². The summed E-state index contributed by atoms with van der Waals surface area (Å²) in [6.07, 6.45) is -2.79. The molecule has 17 heavy (non-hydrogen) atoms. The summed E-state index contributed by atoms with van der Waals surface area (Å²) in [6.45, 7) is -0.965. The third-order valence-corrected chi connectivity index (χ3v) is 6.27. The zero-order valence-corrected chi connectivity index (χ0v) is 11.1.